The number of aliphatic hydroxyl groups is 1. The molecule has 9 heteroatoms. The maximum absolute atomic E-state index is 10.9. The van der Waals surface area contributed by atoms with Crippen LogP contribution in [0.5, 0.6) is 11.5 Å². The molecule has 2 aliphatic heterocycles. The van der Waals surface area contributed by atoms with Gasteiger partial charge in [-0.15, -0.1) is 0 Å². The van der Waals surface area contributed by atoms with Gasteiger partial charge < -0.3 is 14.6 Å². The molecular weight excluding hydrogens is 341 g/mol. The van der Waals surface area contributed by atoms with Crippen LogP contribution in [-0.2, 0) is 0 Å². The zero-order valence-corrected chi connectivity index (χ0v) is 12.9. The van der Waals surface area contributed by atoms with Gasteiger partial charge in [0.1, 0.15) is 0 Å². The fourth-order valence-electron chi connectivity index (χ4n) is 2.10. The van der Waals surface area contributed by atoms with E-state index in [0.717, 1.165) is 5.12 Å². The number of nitrogens with one attached hydrogen (secondary N) is 1. The average molecular weight is 353 g/mol. The van der Waals surface area contributed by atoms with Gasteiger partial charge in [-0.3, -0.25) is 0 Å². The molecule has 2 atom stereocenters. The molecule has 6 nitrogen and oxygen atoms in total. The van der Waals surface area contributed by atoms with Gasteiger partial charge in [0.05, 0.1) is 0 Å². The Morgan fingerprint density at radius 2 is 2.05 bits per heavy atom. The summed E-state index contributed by atoms with van der Waals surface area (Å²) in [4.78, 5) is 0. The number of hydrazone groups is 1. The summed E-state index contributed by atoms with van der Waals surface area (Å²) in [5.41, 5.74) is 2.87. The molecular formula is C12H12Cl3N3O3. The Balaban J connectivity index is 2.03. The number of benzene rings is 1. The van der Waals surface area contributed by atoms with Crippen molar-refractivity contribution in [2.45, 2.75) is 22.2 Å². The summed E-state index contributed by atoms with van der Waals surface area (Å²) in [7, 11) is 0. The van der Waals surface area contributed by atoms with Crippen LogP contribution >= 0.6 is 34.8 Å². The quantitative estimate of drug-likeness (QED) is 0.757. The summed E-state index contributed by atoms with van der Waals surface area (Å²) in [5.74, 6) is -1.40. The number of fused-ring (bicyclic) bond motifs is 1. The van der Waals surface area contributed by atoms with E-state index in [1.165, 1.54) is 0 Å². The first kappa shape index (κ1) is 15.0. The largest absolute Gasteiger partial charge is 0.473 e. The Kier molecular flexibility index (Phi) is 3.83. The minimum Gasteiger partial charge on any atom is -0.473 e. The molecule has 2 aliphatic rings. The van der Waals surface area contributed by atoms with Crippen molar-refractivity contribution in [3.8, 4) is 11.5 Å². The van der Waals surface area contributed by atoms with Crippen LogP contribution in [0.3, 0.4) is 0 Å². The Morgan fingerprint density at radius 1 is 1.33 bits per heavy atom. The van der Waals surface area contributed by atoms with Crippen LogP contribution in [0.1, 0.15) is 6.42 Å². The first-order valence-corrected chi connectivity index (χ1v) is 7.34. The van der Waals surface area contributed by atoms with Gasteiger partial charge in [0.15, 0.2) is 11.5 Å². The molecule has 0 amide bonds. The second-order valence-electron chi connectivity index (χ2n) is 4.55. The van der Waals surface area contributed by atoms with Crippen LogP contribution in [0.2, 0.25) is 0 Å². The number of hydrogen-bond acceptors (Lipinski definition) is 6. The zero-order chi connectivity index (χ0) is 15.1. The summed E-state index contributed by atoms with van der Waals surface area (Å²) in [6.07, 6.45) is 1.02. The van der Waals surface area contributed by atoms with E-state index in [1.54, 1.807) is 30.5 Å². The van der Waals surface area contributed by atoms with Crippen molar-refractivity contribution in [1.29, 1.82) is 0 Å². The van der Waals surface area contributed by atoms with Crippen LogP contribution in [0.15, 0.2) is 29.4 Å². The smallest absolute Gasteiger partial charge is 0.365 e. The van der Waals surface area contributed by atoms with Crippen molar-refractivity contribution in [3.63, 3.8) is 0 Å². The summed E-state index contributed by atoms with van der Waals surface area (Å²) >= 11 is 17.8. The summed E-state index contributed by atoms with van der Waals surface area (Å²) in [5, 5.41) is 16.0. The molecule has 0 radical (unpaired) electrons. The molecule has 114 valence electrons. The lowest BCUT2D eigenvalue weighted by Gasteiger charge is -2.46. The standard InChI is InChI=1S/C12H12Cl3N3O3/c13-11(14,15)10-12(19,18-16-6-3-7-17-18)21-9-5-2-1-4-8(9)20-10/h1-2,4-6,10,17,19H,3,7H2. The van der Waals surface area contributed by atoms with E-state index in [0.29, 0.717) is 24.5 Å². The molecule has 3 rings (SSSR count). The molecule has 0 saturated heterocycles. The fourth-order valence-corrected chi connectivity index (χ4v) is 2.66. The van der Waals surface area contributed by atoms with E-state index in [2.05, 4.69) is 10.5 Å². The van der Waals surface area contributed by atoms with Crippen molar-refractivity contribution in [2.75, 3.05) is 6.54 Å². The number of para-hydroxylation sites is 2. The van der Waals surface area contributed by atoms with Crippen LogP contribution < -0.4 is 14.9 Å². The molecule has 0 aromatic heterocycles. The van der Waals surface area contributed by atoms with E-state index in [4.69, 9.17) is 44.3 Å². The molecule has 2 unspecified atom stereocenters. The third kappa shape index (κ3) is 2.74. The Hall–Kier alpha value is -0.920. The van der Waals surface area contributed by atoms with E-state index in [1.807, 2.05) is 0 Å². The summed E-state index contributed by atoms with van der Waals surface area (Å²) in [6, 6.07) is 6.79. The summed E-state index contributed by atoms with van der Waals surface area (Å²) < 4.78 is 9.33. The van der Waals surface area contributed by atoms with Crippen molar-refractivity contribution in [3.05, 3.63) is 24.3 Å². The highest BCUT2D eigenvalue weighted by Crippen LogP contribution is 2.46. The van der Waals surface area contributed by atoms with Crippen molar-refractivity contribution < 1.29 is 14.6 Å². The number of hydrazine groups is 1. The third-order valence-electron chi connectivity index (χ3n) is 3.03. The number of hydrogen-bond donors (Lipinski definition) is 2. The zero-order valence-electron chi connectivity index (χ0n) is 10.7. The molecule has 1 aromatic rings. The van der Waals surface area contributed by atoms with Crippen molar-refractivity contribution >= 4 is 41.0 Å². The predicted octanol–water partition coefficient (Wildman–Crippen LogP) is 2.04. The number of ether oxygens (including phenoxy) is 2. The van der Waals surface area contributed by atoms with Crippen molar-refractivity contribution in [1.82, 2.24) is 10.5 Å². The highest BCUT2D eigenvalue weighted by molar-refractivity contribution is 6.68. The first-order chi connectivity index (χ1) is 9.91. The molecule has 0 aliphatic carbocycles. The van der Waals surface area contributed by atoms with E-state index < -0.39 is 15.8 Å². The number of nitrogens with zero attached hydrogens (tertiary/aromatic N) is 2. The van der Waals surface area contributed by atoms with E-state index in [-0.39, 0.29) is 0 Å². The molecule has 1 aromatic carbocycles. The molecule has 2 N–H and O–H groups in total. The first-order valence-electron chi connectivity index (χ1n) is 6.21. The lowest BCUT2D eigenvalue weighted by Crippen LogP contribution is -2.69. The lowest BCUT2D eigenvalue weighted by molar-refractivity contribution is -0.313. The second kappa shape index (κ2) is 5.37. The number of rotatable bonds is 1. The van der Waals surface area contributed by atoms with Crippen LogP contribution in [0, 0.1) is 0 Å². The van der Waals surface area contributed by atoms with Gasteiger partial charge in [-0.25, -0.2) is 5.43 Å². The monoisotopic (exact) mass is 351 g/mol. The van der Waals surface area contributed by atoms with Crippen LogP contribution in [0.4, 0.5) is 0 Å². The minimum absolute atomic E-state index is 0.327. The fraction of sp³-hybridized carbons (Fsp3) is 0.417. The van der Waals surface area contributed by atoms with Crippen LogP contribution in [0.25, 0.3) is 0 Å². The molecule has 0 spiro atoms. The molecule has 0 bridgehead atoms. The van der Waals surface area contributed by atoms with Gasteiger partial charge in [-0.05, 0) is 18.6 Å². The van der Waals surface area contributed by atoms with E-state index in [9.17, 15) is 5.11 Å². The number of alkyl halides is 3. The maximum atomic E-state index is 10.9. The highest BCUT2D eigenvalue weighted by Gasteiger charge is 2.60. The third-order valence-corrected chi connectivity index (χ3v) is 3.62. The van der Waals surface area contributed by atoms with Gasteiger partial charge in [0, 0.05) is 12.8 Å². The number of halogens is 3. The topological polar surface area (TPSA) is 66.3 Å². The molecule has 2 heterocycles. The predicted molar refractivity (Wildman–Crippen MR) is 79.7 cm³/mol. The van der Waals surface area contributed by atoms with Gasteiger partial charge in [-0.1, -0.05) is 46.9 Å². The Labute approximate surface area is 136 Å². The SMILES string of the molecule is OC1(N2N=CCCN2)Oc2ccccc2OC1C(Cl)(Cl)Cl. The Bertz CT molecular complexity index is 566. The van der Waals surface area contributed by atoms with Gasteiger partial charge >= 0.3 is 5.91 Å². The maximum Gasteiger partial charge on any atom is 0.365 e. The Morgan fingerprint density at radius 3 is 2.67 bits per heavy atom. The van der Waals surface area contributed by atoms with Gasteiger partial charge in [0.25, 0.3) is 0 Å². The molecule has 0 saturated carbocycles. The average Bonchev–Trinajstić information content (AvgIpc) is 2.46. The van der Waals surface area contributed by atoms with Gasteiger partial charge in [-0.2, -0.15) is 10.2 Å². The molecule has 21 heavy (non-hydrogen) atoms. The minimum atomic E-state index is -2.10. The van der Waals surface area contributed by atoms with Crippen molar-refractivity contribution in [2.24, 2.45) is 5.10 Å². The molecule has 0 fully saturated rings. The van der Waals surface area contributed by atoms with E-state index >= 15 is 0 Å². The van der Waals surface area contributed by atoms with Crippen LogP contribution in [-0.4, -0.2) is 38.8 Å². The summed E-state index contributed by atoms with van der Waals surface area (Å²) in [6.45, 7) is 0.559. The lowest BCUT2D eigenvalue weighted by atomic mass is 10.2. The van der Waals surface area contributed by atoms with Gasteiger partial charge in [0.2, 0.25) is 9.90 Å². The normalized spacial score (nSPS) is 28.6. The second-order valence-corrected chi connectivity index (χ2v) is 6.92. The highest BCUT2D eigenvalue weighted by atomic mass is 35.6.